The summed E-state index contributed by atoms with van der Waals surface area (Å²) < 4.78 is 6.28. The van der Waals surface area contributed by atoms with E-state index < -0.39 is 0 Å². The zero-order valence-corrected chi connectivity index (χ0v) is 18.2. The first-order valence-electron chi connectivity index (χ1n) is 11.6. The van der Waals surface area contributed by atoms with Crippen molar-refractivity contribution in [3.05, 3.63) is 71.0 Å². The number of fused-ring (bicyclic) bond motifs is 6. The minimum Gasteiger partial charge on any atom is -0.511 e. The minimum atomic E-state index is 0.0137. The molecule has 162 valence electrons. The predicted molar refractivity (Wildman–Crippen MR) is 122 cm³/mol. The quantitative estimate of drug-likeness (QED) is 0.662. The molecule has 1 N–H and O–H groups in total. The lowest BCUT2D eigenvalue weighted by Gasteiger charge is -2.42. The maximum absolute atomic E-state index is 12.2. The van der Waals surface area contributed by atoms with E-state index in [2.05, 4.69) is 60.4 Å². The van der Waals surface area contributed by atoms with Crippen molar-refractivity contribution in [1.29, 1.82) is 0 Å². The van der Waals surface area contributed by atoms with Crippen LogP contribution in [0.3, 0.4) is 0 Å². The van der Waals surface area contributed by atoms with Crippen LogP contribution in [-0.4, -0.2) is 34.5 Å². The molecule has 1 saturated heterocycles. The molecule has 31 heavy (non-hydrogen) atoms. The van der Waals surface area contributed by atoms with Gasteiger partial charge in [-0.25, -0.2) is 0 Å². The van der Waals surface area contributed by atoms with Gasteiger partial charge < -0.3 is 9.84 Å². The first-order valence-corrected chi connectivity index (χ1v) is 11.6. The number of Topliss-reactive ketones (excluding diaryl/α,β-unsaturated/α-hetero) is 1. The number of rotatable bonds is 6. The third-order valence-corrected chi connectivity index (χ3v) is 7.05. The molecule has 2 aromatic rings. The molecule has 4 heteroatoms. The summed E-state index contributed by atoms with van der Waals surface area (Å²) in [6, 6.07) is 17.3. The number of aliphatic hydroxyl groups excluding tert-OH is 1. The number of allylic oxidation sites excluding steroid dienone is 1. The fraction of sp³-hybridized carbons (Fsp3) is 0.444. The minimum absolute atomic E-state index is 0.0137. The Morgan fingerprint density at radius 1 is 1.16 bits per heavy atom. The summed E-state index contributed by atoms with van der Waals surface area (Å²) in [7, 11) is 0. The highest BCUT2D eigenvalue weighted by molar-refractivity contribution is 5.92. The molecule has 2 aliphatic heterocycles. The standard InChI is InChI=1S/C27H31NO3/c1-18(7-5-10-19-8-3-2-4-9-19)31-21-12-13-22-23(17-21)27-25(15-20(29)16-26(27)30)28-14-6-11-24(22)28/h2-4,8-9,12-13,17-18,24-25,30H,5-7,10-11,14-16H2,1H3/t18-,24?,25?/m0/s1. The van der Waals surface area contributed by atoms with Gasteiger partial charge in [0.25, 0.3) is 0 Å². The van der Waals surface area contributed by atoms with Gasteiger partial charge in [0, 0.05) is 24.1 Å². The summed E-state index contributed by atoms with van der Waals surface area (Å²) in [6.45, 7) is 3.12. The van der Waals surface area contributed by atoms with Crippen molar-refractivity contribution in [2.45, 2.75) is 70.1 Å². The molecule has 1 aliphatic carbocycles. The van der Waals surface area contributed by atoms with Gasteiger partial charge in [-0.05, 0) is 74.4 Å². The van der Waals surface area contributed by atoms with Crippen LogP contribution in [0.25, 0.3) is 5.57 Å². The Hall–Kier alpha value is -2.59. The SMILES string of the molecule is C[C@@H](CCCc1ccccc1)Oc1ccc2c(c1)C1=C(O)CC(=O)CC1N1CCCC21. The second-order valence-corrected chi connectivity index (χ2v) is 9.25. The molecule has 3 aliphatic rings. The van der Waals surface area contributed by atoms with Crippen LogP contribution in [0, 0.1) is 0 Å². The molecule has 5 rings (SSSR count). The molecule has 0 saturated carbocycles. The van der Waals surface area contributed by atoms with Crippen molar-refractivity contribution in [2.75, 3.05) is 6.54 Å². The zero-order valence-electron chi connectivity index (χ0n) is 18.2. The van der Waals surface area contributed by atoms with Crippen LogP contribution < -0.4 is 4.74 Å². The van der Waals surface area contributed by atoms with Gasteiger partial charge in [-0.15, -0.1) is 0 Å². The van der Waals surface area contributed by atoms with Gasteiger partial charge >= 0.3 is 0 Å². The van der Waals surface area contributed by atoms with Gasteiger partial charge in [0.15, 0.2) is 0 Å². The normalized spacial score (nSPS) is 23.8. The van der Waals surface area contributed by atoms with Crippen LogP contribution in [0.15, 0.2) is 54.3 Å². The van der Waals surface area contributed by atoms with Crippen LogP contribution in [0.2, 0.25) is 0 Å². The summed E-state index contributed by atoms with van der Waals surface area (Å²) >= 11 is 0. The van der Waals surface area contributed by atoms with Crippen molar-refractivity contribution in [3.63, 3.8) is 0 Å². The maximum Gasteiger partial charge on any atom is 0.142 e. The number of ketones is 1. The maximum atomic E-state index is 12.2. The molecule has 4 nitrogen and oxygen atoms in total. The average molecular weight is 418 g/mol. The Morgan fingerprint density at radius 2 is 2.00 bits per heavy atom. The summed E-state index contributed by atoms with van der Waals surface area (Å²) in [4.78, 5) is 14.6. The predicted octanol–water partition coefficient (Wildman–Crippen LogP) is 5.63. The molecule has 2 heterocycles. The zero-order chi connectivity index (χ0) is 21.4. The molecular weight excluding hydrogens is 386 g/mol. The van der Waals surface area contributed by atoms with Crippen molar-refractivity contribution >= 4 is 11.4 Å². The van der Waals surface area contributed by atoms with E-state index in [0.717, 1.165) is 55.5 Å². The number of nitrogens with zero attached hydrogens (tertiary/aromatic N) is 1. The Morgan fingerprint density at radius 3 is 2.84 bits per heavy atom. The van der Waals surface area contributed by atoms with E-state index in [-0.39, 0.29) is 30.1 Å². The van der Waals surface area contributed by atoms with Crippen LogP contribution in [0.5, 0.6) is 5.75 Å². The Balaban J connectivity index is 1.33. The van der Waals surface area contributed by atoms with E-state index in [1.54, 1.807) is 0 Å². The van der Waals surface area contributed by atoms with Crippen molar-refractivity contribution in [2.24, 2.45) is 0 Å². The highest BCUT2D eigenvalue weighted by atomic mass is 16.5. The Kier molecular flexibility index (Phi) is 5.58. The van der Waals surface area contributed by atoms with E-state index in [1.807, 2.05) is 0 Å². The van der Waals surface area contributed by atoms with Crippen LogP contribution in [-0.2, 0) is 11.2 Å². The van der Waals surface area contributed by atoms with Crippen LogP contribution in [0.4, 0.5) is 0 Å². The van der Waals surface area contributed by atoms with Crippen molar-refractivity contribution in [3.8, 4) is 5.75 Å². The first kappa shape index (κ1) is 20.3. The molecule has 0 amide bonds. The number of carbonyl (C=O) groups is 1. The molecule has 2 unspecified atom stereocenters. The van der Waals surface area contributed by atoms with Crippen molar-refractivity contribution < 1.29 is 14.6 Å². The highest BCUT2D eigenvalue weighted by Gasteiger charge is 2.44. The number of aryl methyl sites for hydroxylation is 1. The molecule has 0 spiro atoms. The molecule has 0 bridgehead atoms. The van der Waals surface area contributed by atoms with Gasteiger partial charge in [0.05, 0.1) is 12.5 Å². The van der Waals surface area contributed by atoms with Gasteiger partial charge in [-0.3, -0.25) is 9.69 Å². The van der Waals surface area contributed by atoms with E-state index in [0.29, 0.717) is 12.5 Å². The Bertz CT molecular complexity index is 997. The lowest BCUT2D eigenvalue weighted by Crippen LogP contribution is -2.43. The second kappa shape index (κ2) is 8.51. The molecule has 3 atom stereocenters. The lowest BCUT2D eigenvalue weighted by molar-refractivity contribution is -0.120. The number of hydrogen-bond donors (Lipinski definition) is 1. The molecule has 2 aromatic carbocycles. The van der Waals surface area contributed by atoms with Gasteiger partial charge in [-0.1, -0.05) is 36.4 Å². The number of benzene rings is 2. The van der Waals surface area contributed by atoms with Crippen molar-refractivity contribution in [1.82, 2.24) is 4.90 Å². The number of aliphatic hydroxyl groups is 1. The molecular formula is C27H31NO3. The average Bonchev–Trinajstić information content (AvgIpc) is 3.24. The fourth-order valence-electron chi connectivity index (χ4n) is 5.64. The number of ether oxygens (including phenoxy) is 1. The van der Waals surface area contributed by atoms with Gasteiger partial charge in [0.2, 0.25) is 0 Å². The lowest BCUT2D eigenvalue weighted by atomic mass is 9.78. The number of carbonyl (C=O) groups excluding carboxylic acids is 1. The smallest absolute Gasteiger partial charge is 0.142 e. The van der Waals surface area contributed by atoms with E-state index >= 15 is 0 Å². The first-order chi connectivity index (χ1) is 15.1. The van der Waals surface area contributed by atoms with Gasteiger partial charge in [-0.2, -0.15) is 0 Å². The second-order valence-electron chi connectivity index (χ2n) is 9.25. The van der Waals surface area contributed by atoms with Gasteiger partial charge in [0.1, 0.15) is 17.3 Å². The van der Waals surface area contributed by atoms with E-state index in [4.69, 9.17) is 4.74 Å². The molecule has 0 aromatic heterocycles. The highest BCUT2D eigenvalue weighted by Crippen LogP contribution is 2.49. The molecule has 0 radical (unpaired) electrons. The fourth-order valence-corrected chi connectivity index (χ4v) is 5.64. The topological polar surface area (TPSA) is 49.8 Å². The molecule has 1 fully saturated rings. The monoisotopic (exact) mass is 417 g/mol. The third kappa shape index (κ3) is 4.01. The summed E-state index contributed by atoms with van der Waals surface area (Å²) in [5, 5.41) is 10.7. The Labute approximate surface area is 184 Å². The van der Waals surface area contributed by atoms with Crippen LogP contribution >= 0.6 is 0 Å². The van der Waals surface area contributed by atoms with E-state index in [9.17, 15) is 9.90 Å². The number of hydrogen-bond acceptors (Lipinski definition) is 4. The van der Waals surface area contributed by atoms with Crippen LogP contribution in [0.1, 0.15) is 68.2 Å². The third-order valence-electron chi connectivity index (χ3n) is 7.05. The largest absolute Gasteiger partial charge is 0.511 e. The summed E-state index contributed by atoms with van der Waals surface area (Å²) in [6.07, 6.45) is 6.19. The van der Waals surface area contributed by atoms with E-state index in [1.165, 1.54) is 11.1 Å². The summed E-state index contributed by atoms with van der Waals surface area (Å²) in [5.41, 5.74) is 4.68. The summed E-state index contributed by atoms with van der Waals surface area (Å²) in [5.74, 6) is 1.24.